The summed E-state index contributed by atoms with van der Waals surface area (Å²) in [6.07, 6.45) is 0. The van der Waals surface area contributed by atoms with Gasteiger partial charge in [-0.3, -0.25) is 14.4 Å². The van der Waals surface area contributed by atoms with Crippen LogP contribution in [0, 0.1) is 0 Å². The van der Waals surface area contributed by atoms with E-state index < -0.39 is 17.6 Å². The van der Waals surface area contributed by atoms with Crippen molar-refractivity contribution in [3.05, 3.63) is 116 Å². The van der Waals surface area contributed by atoms with Crippen LogP contribution in [0.5, 0.6) is 0 Å². The van der Waals surface area contributed by atoms with E-state index in [0.717, 1.165) is 0 Å². The summed E-state index contributed by atoms with van der Waals surface area (Å²) >= 11 is 54.8. The molecule has 0 aliphatic heterocycles. The number of carbonyl (C=O) groups is 3. The molecule has 0 heterocycles. The van der Waals surface area contributed by atoms with Crippen LogP contribution in [0.3, 0.4) is 0 Å². The van der Waals surface area contributed by atoms with Gasteiger partial charge in [-0.1, -0.05) is 104 Å². The third-order valence-electron chi connectivity index (χ3n) is 5.75. The lowest BCUT2D eigenvalue weighted by Crippen LogP contribution is -2.20. The van der Waals surface area contributed by atoms with Crippen molar-refractivity contribution in [3.8, 4) is 0 Å². The second-order valence-corrected chi connectivity index (χ2v) is 12.4. The molecule has 0 aliphatic rings. The predicted octanol–water partition coefficient (Wildman–Crippen LogP) is 11.4. The van der Waals surface area contributed by atoms with Gasteiger partial charge in [0.25, 0.3) is 11.8 Å². The molecule has 6 nitrogen and oxygen atoms in total. The maximum Gasteiger partial charge on any atom is 0.255 e. The number of nitrogens with one attached hydrogen (secondary N) is 3. The van der Waals surface area contributed by atoms with Crippen molar-refractivity contribution in [2.24, 2.45) is 0 Å². The quantitative estimate of drug-likeness (QED) is 0.123. The largest absolute Gasteiger partial charge is 0.376 e. The third kappa shape index (κ3) is 8.34. The monoisotopic (exact) mass is 755 g/mol. The van der Waals surface area contributed by atoms with Crippen molar-refractivity contribution in [1.29, 1.82) is 0 Å². The van der Waals surface area contributed by atoms with E-state index in [2.05, 4.69) is 16.0 Å². The first-order valence-electron chi connectivity index (χ1n) is 11.7. The van der Waals surface area contributed by atoms with Gasteiger partial charge in [0.1, 0.15) is 0 Å². The Labute approximate surface area is 290 Å². The zero-order chi connectivity index (χ0) is 31.6. The van der Waals surface area contributed by atoms with E-state index in [0.29, 0.717) is 5.69 Å². The van der Waals surface area contributed by atoms with Gasteiger partial charge in [-0.2, -0.15) is 0 Å². The van der Waals surface area contributed by atoms with Gasteiger partial charge in [0.15, 0.2) is 5.78 Å². The van der Waals surface area contributed by atoms with Crippen molar-refractivity contribution in [1.82, 2.24) is 0 Å². The Kier molecular flexibility index (Phi) is 11.3. The zero-order valence-electron chi connectivity index (χ0n) is 21.0. The van der Waals surface area contributed by atoms with Crippen LogP contribution in [0.4, 0.5) is 17.1 Å². The van der Waals surface area contributed by atoms with Gasteiger partial charge in [-0.25, -0.2) is 0 Å². The molecule has 4 rings (SSSR count). The molecular weight excluding hydrogens is 745 g/mol. The van der Waals surface area contributed by atoms with Gasteiger partial charge in [0.2, 0.25) is 0 Å². The number of carbonyl (C=O) groups excluding carboxylic acids is 3. The van der Waals surface area contributed by atoms with E-state index in [1.54, 1.807) is 0 Å². The minimum absolute atomic E-state index is 0.0157. The molecule has 3 N–H and O–H groups in total. The van der Waals surface area contributed by atoms with Crippen LogP contribution in [0.2, 0.25) is 45.2 Å². The van der Waals surface area contributed by atoms with Crippen LogP contribution in [-0.4, -0.2) is 24.1 Å². The van der Waals surface area contributed by atoms with E-state index in [1.165, 1.54) is 54.6 Å². The summed E-state index contributed by atoms with van der Waals surface area (Å²) in [6, 6.07) is 12.2. The summed E-state index contributed by atoms with van der Waals surface area (Å²) in [4.78, 5) is 39.9. The summed E-state index contributed by atoms with van der Waals surface area (Å²) in [7, 11) is 0. The average Bonchev–Trinajstić information content (AvgIpc) is 2.95. The van der Waals surface area contributed by atoms with Crippen molar-refractivity contribution < 1.29 is 14.4 Å². The lowest BCUT2D eigenvalue weighted by atomic mass is 10.0. The van der Waals surface area contributed by atoms with Crippen LogP contribution in [0.15, 0.2) is 54.6 Å². The van der Waals surface area contributed by atoms with Crippen LogP contribution >= 0.6 is 104 Å². The van der Waals surface area contributed by atoms with E-state index in [1.807, 2.05) is 0 Å². The number of halogens is 9. The molecular formula is C28H14Cl9N3O3. The highest BCUT2D eigenvalue weighted by Crippen LogP contribution is 2.35. The number of hydrogen-bond acceptors (Lipinski definition) is 4. The summed E-state index contributed by atoms with van der Waals surface area (Å²) in [6.45, 7) is -0.277. The number of anilines is 3. The molecule has 2 amide bonds. The topological polar surface area (TPSA) is 87.3 Å². The molecule has 43 heavy (non-hydrogen) atoms. The highest BCUT2D eigenvalue weighted by atomic mass is 35.5. The number of ketones is 1. The molecule has 0 bridgehead atoms. The molecule has 0 saturated carbocycles. The molecule has 15 heteroatoms. The van der Waals surface area contributed by atoms with Gasteiger partial charge in [-0.05, 0) is 54.6 Å². The molecule has 0 aliphatic carbocycles. The Morgan fingerprint density at radius 2 is 0.744 bits per heavy atom. The maximum atomic E-state index is 13.3. The Balaban J connectivity index is 1.68. The highest BCUT2D eigenvalue weighted by molar-refractivity contribution is 6.45. The molecule has 0 radical (unpaired) electrons. The molecule has 0 spiro atoms. The Morgan fingerprint density at radius 3 is 1.16 bits per heavy atom. The minimum Gasteiger partial charge on any atom is -0.376 e. The Morgan fingerprint density at radius 1 is 0.419 bits per heavy atom. The SMILES string of the molecule is O=C(CNc1cc(Cl)c(Cl)cc1Cl)c1cc(C(=O)Nc2cc(Cl)c(Cl)cc2Cl)cc(C(=O)Nc2cc(Cl)c(Cl)cc2Cl)c1. The standard InChI is InChI=1S/C28H14Cl9N3O3/c29-14-4-20(35)23(7-17(14)32)38-10-26(41)11-1-12(27(42)39-24-8-18(33)15(30)5-21(24)36)3-13(2-11)28(43)40-25-9-19(34)16(31)6-22(25)37/h1-9,38H,10H2,(H,39,42)(H,40,43). The Bertz CT molecular complexity index is 1710. The second-order valence-electron chi connectivity index (χ2n) is 8.72. The van der Waals surface area contributed by atoms with E-state index >= 15 is 0 Å². The zero-order valence-corrected chi connectivity index (χ0v) is 27.8. The highest BCUT2D eigenvalue weighted by Gasteiger charge is 2.20. The molecule has 0 unspecified atom stereocenters. The number of hydrogen-bond donors (Lipinski definition) is 3. The van der Waals surface area contributed by atoms with E-state index in [9.17, 15) is 14.4 Å². The van der Waals surface area contributed by atoms with Crippen LogP contribution in [0.25, 0.3) is 0 Å². The first kappa shape index (κ1) is 33.8. The van der Waals surface area contributed by atoms with Gasteiger partial charge in [0, 0.05) is 16.7 Å². The normalized spacial score (nSPS) is 10.8. The van der Waals surface area contributed by atoms with Gasteiger partial charge < -0.3 is 16.0 Å². The van der Waals surface area contributed by atoms with Gasteiger partial charge in [0.05, 0.1) is 68.8 Å². The molecule has 0 fully saturated rings. The number of Topliss-reactive ketones (excluding diaryl/α,β-unsaturated/α-hetero) is 1. The molecule has 4 aromatic carbocycles. The maximum absolute atomic E-state index is 13.3. The first-order valence-corrected chi connectivity index (χ1v) is 15.1. The third-order valence-corrected chi connectivity index (χ3v) is 8.85. The summed E-state index contributed by atoms with van der Waals surface area (Å²) in [5.74, 6) is -1.89. The first-order chi connectivity index (χ1) is 20.2. The molecule has 4 aromatic rings. The average molecular weight is 760 g/mol. The fourth-order valence-corrected chi connectivity index (χ4v) is 5.41. The Hall–Kier alpha value is -2.10. The lowest BCUT2D eigenvalue weighted by molar-refractivity contribution is 0.101. The van der Waals surface area contributed by atoms with Gasteiger partial charge in [-0.15, -0.1) is 0 Å². The molecule has 0 aromatic heterocycles. The lowest BCUT2D eigenvalue weighted by Gasteiger charge is -2.14. The van der Waals surface area contributed by atoms with Crippen LogP contribution in [-0.2, 0) is 0 Å². The van der Waals surface area contributed by atoms with E-state index in [-0.39, 0.29) is 79.8 Å². The number of amides is 2. The molecule has 222 valence electrons. The van der Waals surface area contributed by atoms with Gasteiger partial charge >= 0.3 is 0 Å². The van der Waals surface area contributed by atoms with Crippen molar-refractivity contribution in [2.45, 2.75) is 0 Å². The van der Waals surface area contributed by atoms with Crippen LogP contribution < -0.4 is 16.0 Å². The minimum atomic E-state index is -0.697. The second kappa shape index (κ2) is 14.3. The fourth-order valence-electron chi connectivity index (χ4n) is 3.61. The van der Waals surface area contributed by atoms with Crippen LogP contribution in [0.1, 0.15) is 31.1 Å². The van der Waals surface area contributed by atoms with Crippen molar-refractivity contribution in [3.63, 3.8) is 0 Å². The predicted molar refractivity (Wildman–Crippen MR) is 180 cm³/mol. The summed E-state index contributed by atoms with van der Waals surface area (Å²) < 4.78 is 0. The van der Waals surface area contributed by atoms with Crippen molar-refractivity contribution in [2.75, 3.05) is 22.5 Å². The molecule has 0 atom stereocenters. The number of rotatable bonds is 8. The fraction of sp³-hybridized carbons (Fsp3) is 0.0357. The summed E-state index contributed by atoms with van der Waals surface area (Å²) in [5, 5.41) is 9.68. The van der Waals surface area contributed by atoms with Crippen molar-refractivity contribution >= 4 is 139 Å². The number of benzene rings is 4. The smallest absolute Gasteiger partial charge is 0.255 e. The van der Waals surface area contributed by atoms with E-state index in [4.69, 9.17) is 104 Å². The molecule has 0 saturated heterocycles. The summed E-state index contributed by atoms with van der Waals surface area (Å²) in [5.41, 5.74) is 0.572.